The number of fused-ring (bicyclic) bond motifs is 1. The lowest BCUT2D eigenvalue weighted by molar-refractivity contribution is 0.324. The van der Waals surface area contributed by atoms with Crippen molar-refractivity contribution >= 4 is 17.5 Å². The maximum absolute atomic E-state index is 5.48. The van der Waals surface area contributed by atoms with Crippen LogP contribution < -0.4 is 14.2 Å². The van der Waals surface area contributed by atoms with Gasteiger partial charge in [-0.15, -0.1) is 0 Å². The summed E-state index contributed by atoms with van der Waals surface area (Å²) in [6, 6.07) is 11.9. The van der Waals surface area contributed by atoms with Crippen LogP contribution in [0.2, 0.25) is 0 Å². The Kier molecular flexibility index (Phi) is 4.99. The van der Waals surface area contributed by atoms with Crippen LogP contribution >= 0.6 is 0 Å². The molecular weight excluding hydrogens is 370 g/mol. The number of rotatable bonds is 6. The molecule has 8 heteroatoms. The molecule has 29 heavy (non-hydrogen) atoms. The molecule has 0 aliphatic carbocycles. The minimum absolute atomic E-state index is 0.483. The summed E-state index contributed by atoms with van der Waals surface area (Å²) in [6.45, 7) is 2.56. The smallest absolute Gasteiger partial charge is 0.254 e. The number of aromatic nitrogens is 3. The molecule has 8 nitrogen and oxygen atoms in total. The Balaban J connectivity index is 1.77. The molecule has 0 spiro atoms. The van der Waals surface area contributed by atoms with Crippen LogP contribution in [-0.4, -0.2) is 47.6 Å². The van der Waals surface area contributed by atoms with Crippen LogP contribution in [0.5, 0.6) is 17.2 Å². The first-order valence-electron chi connectivity index (χ1n) is 9.04. The van der Waals surface area contributed by atoms with Crippen LogP contribution in [-0.2, 0) is 6.54 Å². The minimum atomic E-state index is 0.483. The van der Waals surface area contributed by atoms with E-state index in [0.29, 0.717) is 41.3 Å². The fourth-order valence-corrected chi connectivity index (χ4v) is 3.12. The standard InChI is InChI=1S/C21H21N5O3/c1-13-5-7-14(8-6-13)11-22-20-18(25-21-23-12-24-26(20)21)15-9-16(27-2)19(29-4)17(10-15)28-3/h5-10,12H,11H2,1-4H3. The average molecular weight is 391 g/mol. The van der Waals surface area contributed by atoms with Crippen LogP contribution in [0.3, 0.4) is 0 Å². The van der Waals surface area contributed by atoms with Gasteiger partial charge in [-0.1, -0.05) is 29.8 Å². The van der Waals surface area contributed by atoms with Gasteiger partial charge in [0.2, 0.25) is 5.75 Å². The van der Waals surface area contributed by atoms with Crippen LogP contribution in [0.4, 0.5) is 5.95 Å². The normalized spacial score (nSPS) is 13.9. The second-order valence-corrected chi connectivity index (χ2v) is 6.47. The zero-order chi connectivity index (χ0) is 20.4. The van der Waals surface area contributed by atoms with E-state index >= 15 is 0 Å². The van der Waals surface area contributed by atoms with E-state index in [2.05, 4.69) is 46.3 Å². The van der Waals surface area contributed by atoms with E-state index in [-0.39, 0.29) is 0 Å². The van der Waals surface area contributed by atoms with Crippen molar-refractivity contribution in [3.05, 3.63) is 59.4 Å². The van der Waals surface area contributed by atoms with Gasteiger partial charge in [-0.2, -0.15) is 14.8 Å². The lowest BCUT2D eigenvalue weighted by Gasteiger charge is -2.14. The number of aryl methyl sites for hydroxylation is 1. The highest BCUT2D eigenvalue weighted by molar-refractivity contribution is 6.50. The molecule has 1 aliphatic rings. The molecule has 0 bridgehead atoms. The molecule has 0 unspecified atom stereocenters. The van der Waals surface area contributed by atoms with E-state index in [1.165, 1.54) is 11.9 Å². The first kappa shape index (κ1) is 18.7. The third kappa shape index (κ3) is 3.44. The summed E-state index contributed by atoms with van der Waals surface area (Å²) < 4.78 is 18.0. The van der Waals surface area contributed by atoms with Crippen molar-refractivity contribution < 1.29 is 14.2 Å². The molecule has 148 valence electrons. The fraction of sp³-hybridized carbons (Fsp3) is 0.238. The Labute approximate surface area is 168 Å². The van der Waals surface area contributed by atoms with Crippen molar-refractivity contribution in [3.8, 4) is 17.2 Å². The summed E-state index contributed by atoms with van der Waals surface area (Å²) in [5, 5.41) is 4.27. The van der Waals surface area contributed by atoms with Gasteiger partial charge in [0.1, 0.15) is 12.0 Å². The number of methoxy groups -OCH3 is 3. The molecule has 0 fully saturated rings. The number of benzene rings is 2. The molecule has 0 saturated heterocycles. The summed E-state index contributed by atoms with van der Waals surface area (Å²) in [5.41, 5.74) is 3.72. The molecule has 0 amide bonds. The van der Waals surface area contributed by atoms with E-state index in [0.717, 1.165) is 11.1 Å². The van der Waals surface area contributed by atoms with E-state index in [1.54, 1.807) is 26.0 Å². The van der Waals surface area contributed by atoms with E-state index in [9.17, 15) is 0 Å². The second-order valence-electron chi connectivity index (χ2n) is 6.47. The lowest BCUT2D eigenvalue weighted by atomic mass is 10.1. The largest absolute Gasteiger partial charge is 0.493 e. The quantitative estimate of drug-likeness (QED) is 0.644. The van der Waals surface area contributed by atoms with Crippen molar-refractivity contribution in [2.45, 2.75) is 13.5 Å². The monoisotopic (exact) mass is 391 g/mol. The maximum atomic E-state index is 5.48. The number of aliphatic imine (C=N–C) groups is 2. The topological polar surface area (TPSA) is 83.1 Å². The Morgan fingerprint density at radius 2 is 1.66 bits per heavy atom. The van der Waals surface area contributed by atoms with Crippen LogP contribution in [0.25, 0.3) is 0 Å². The molecule has 2 heterocycles. The predicted octanol–water partition coefficient (Wildman–Crippen LogP) is 3.19. The average Bonchev–Trinajstić information content (AvgIpc) is 3.34. The molecule has 3 aromatic rings. The Hall–Kier alpha value is -3.68. The molecule has 1 aromatic heterocycles. The third-order valence-corrected chi connectivity index (χ3v) is 4.62. The van der Waals surface area contributed by atoms with Crippen molar-refractivity contribution in [1.29, 1.82) is 0 Å². The summed E-state index contributed by atoms with van der Waals surface area (Å²) in [4.78, 5) is 13.6. The summed E-state index contributed by atoms with van der Waals surface area (Å²) in [6.07, 6.45) is 1.46. The molecule has 0 radical (unpaired) electrons. The Bertz CT molecular complexity index is 1070. The molecule has 0 atom stereocenters. The highest BCUT2D eigenvalue weighted by Crippen LogP contribution is 2.39. The molecule has 4 rings (SSSR count). The van der Waals surface area contributed by atoms with Crippen molar-refractivity contribution in [2.75, 3.05) is 21.3 Å². The Morgan fingerprint density at radius 1 is 0.966 bits per heavy atom. The van der Waals surface area contributed by atoms with Crippen molar-refractivity contribution in [1.82, 2.24) is 14.8 Å². The zero-order valence-electron chi connectivity index (χ0n) is 16.7. The number of ether oxygens (including phenoxy) is 3. The summed E-state index contributed by atoms with van der Waals surface area (Å²) in [5.74, 6) is 2.70. The summed E-state index contributed by atoms with van der Waals surface area (Å²) >= 11 is 0. The van der Waals surface area contributed by atoms with Gasteiger partial charge in [0.05, 0.1) is 27.9 Å². The molecule has 2 aromatic carbocycles. The molecular formula is C21H21N5O3. The first-order valence-corrected chi connectivity index (χ1v) is 9.04. The lowest BCUT2D eigenvalue weighted by Crippen LogP contribution is -2.20. The molecule has 1 aliphatic heterocycles. The van der Waals surface area contributed by atoms with Crippen LogP contribution in [0, 0.1) is 6.92 Å². The van der Waals surface area contributed by atoms with Gasteiger partial charge >= 0.3 is 0 Å². The maximum Gasteiger partial charge on any atom is 0.254 e. The number of nitrogens with zero attached hydrogens (tertiary/aromatic N) is 5. The number of hydrogen-bond acceptors (Lipinski definition) is 7. The van der Waals surface area contributed by atoms with Gasteiger partial charge in [-0.3, -0.25) is 4.99 Å². The van der Waals surface area contributed by atoms with Gasteiger partial charge in [0.15, 0.2) is 17.3 Å². The third-order valence-electron chi connectivity index (χ3n) is 4.62. The molecule has 0 N–H and O–H groups in total. The van der Waals surface area contributed by atoms with E-state index < -0.39 is 0 Å². The SMILES string of the molecule is COc1cc(C2=Nc3ncnn3C2=NCc2ccc(C)cc2)cc(OC)c1OC. The van der Waals surface area contributed by atoms with Crippen molar-refractivity contribution in [2.24, 2.45) is 9.98 Å². The predicted molar refractivity (Wildman–Crippen MR) is 110 cm³/mol. The van der Waals surface area contributed by atoms with Crippen LogP contribution in [0.15, 0.2) is 52.7 Å². The minimum Gasteiger partial charge on any atom is -0.493 e. The highest BCUT2D eigenvalue weighted by atomic mass is 16.5. The second kappa shape index (κ2) is 7.75. The highest BCUT2D eigenvalue weighted by Gasteiger charge is 2.27. The van der Waals surface area contributed by atoms with E-state index in [1.807, 2.05) is 12.1 Å². The first-order chi connectivity index (χ1) is 14.1. The zero-order valence-corrected chi connectivity index (χ0v) is 16.7. The van der Waals surface area contributed by atoms with Gasteiger partial charge in [-0.25, -0.2) is 4.99 Å². The fourth-order valence-electron chi connectivity index (χ4n) is 3.12. The van der Waals surface area contributed by atoms with Gasteiger partial charge in [-0.05, 0) is 24.6 Å². The van der Waals surface area contributed by atoms with Gasteiger partial charge in [0, 0.05) is 5.56 Å². The van der Waals surface area contributed by atoms with Crippen molar-refractivity contribution in [3.63, 3.8) is 0 Å². The van der Waals surface area contributed by atoms with Gasteiger partial charge < -0.3 is 14.2 Å². The Morgan fingerprint density at radius 3 is 2.28 bits per heavy atom. The van der Waals surface area contributed by atoms with E-state index in [4.69, 9.17) is 19.2 Å². The molecule has 0 saturated carbocycles. The van der Waals surface area contributed by atoms with Gasteiger partial charge in [0.25, 0.3) is 5.95 Å². The van der Waals surface area contributed by atoms with Crippen LogP contribution in [0.1, 0.15) is 16.7 Å². The number of hydrogen-bond donors (Lipinski definition) is 0. The summed E-state index contributed by atoms with van der Waals surface area (Å²) in [7, 11) is 4.73.